The summed E-state index contributed by atoms with van der Waals surface area (Å²) in [6, 6.07) is -0.874. The highest BCUT2D eigenvalue weighted by Crippen LogP contribution is 2.12. The number of carboxylic acid groups (broad SMARTS) is 1. The lowest BCUT2D eigenvalue weighted by molar-refractivity contribution is -0.143. The molecule has 0 aromatic rings. The van der Waals surface area contributed by atoms with Crippen molar-refractivity contribution in [2.75, 3.05) is 0 Å². The third-order valence-corrected chi connectivity index (χ3v) is 2.57. The molecule has 1 unspecified atom stereocenters. The van der Waals surface area contributed by atoms with E-state index in [1.54, 1.807) is 13.8 Å². The normalized spacial score (nSPS) is 14.9. The molecule has 1 amide bonds. The van der Waals surface area contributed by atoms with E-state index in [-0.39, 0.29) is 5.92 Å². The Morgan fingerprint density at radius 3 is 2.06 bits per heavy atom. The van der Waals surface area contributed by atoms with Crippen LogP contribution in [-0.4, -0.2) is 28.4 Å². The molecule has 0 aromatic heterocycles. The highest BCUT2D eigenvalue weighted by atomic mass is 35.5. The van der Waals surface area contributed by atoms with Crippen LogP contribution in [0.15, 0.2) is 0 Å². The molecule has 16 heavy (non-hydrogen) atoms. The SMILES string of the molecule is CC(C)CC(Cl)C(=O)N[C@H](C(=O)O)C(C)C. The van der Waals surface area contributed by atoms with Crippen molar-refractivity contribution >= 4 is 23.5 Å². The van der Waals surface area contributed by atoms with Gasteiger partial charge in [0.25, 0.3) is 0 Å². The summed E-state index contributed by atoms with van der Waals surface area (Å²) in [5, 5.41) is 10.7. The lowest BCUT2D eigenvalue weighted by Crippen LogP contribution is -2.47. The quantitative estimate of drug-likeness (QED) is 0.707. The van der Waals surface area contributed by atoms with Crippen molar-refractivity contribution in [2.45, 2.75) is 45.5 Å². The fraction of sp³-hybridized carbons (Fsp3) is 0.818. The molecule has 0 aromatic carbocycles. The number of halogens is 1. The van der Waals surface area contributed by atoms with E-state index in [1.807, 2.05) is 13.8 Å². The molecule has 94 valence electrons. The van der Waals surface area contributed by atoms with Crippen LogP contribution in [0.3, 0.4) is 0 Å². The number of hydrogen-bond acceptors (Lipinski definition) is 2. The molecule has 0 aliphatic rings. The molecule has 0 heterocycles. The smallest absolute Gasteiger partial charge is 0.326 e. The van der Waals surface area contributed by atoms with E-state index in [2.05, 4.69) is 5.32 Å². The summed E-state index contributed by atoms with van der Waals surface area (Å²) in [5.41, 5.74) is 0. The van der Waals surface area contributed by atoms with E-state index in [0.717, 1.165) is 0 Å². The van der Waals surface area contributed by atoms with Crippen molar-refractivity contribution in [3.8, 4) is 0 Å². The van der Waals surface area contributed by atoms with Gasteiger partial charge in [-0.3, -0.25) is 4.79 Å². The number of carbonyl (C=O) groups excluding carboxylic acids is 1. The number of carbonyl (C=O) groups is 2. The van der Waals surface area contributed by atoms with Gasteiger partial charge in [0.05, 0.1) is 0 Å². The van der Waals surface area contributed by atoms with Crippen LogP contribution in [0, 0.1) is 11.8 Å². The molecular formula is C11H20ClNO3. The zero-order valence-electron chi connectivity index (χ0n) is 10.2. The highest BCUT2D eigenvalue weighted by molar-refractivity contribution is 6.30. The number of alkyl halides is 1. The van der Waals surface area contributed by atoms with Crippen LogP contribution < -0.4 is 5.32 Å². The minimum absolute atomic E-state index is 0.163. The maximum Gasteiger partial charge on any atom is 0.326 e. The van der Waals surface area contributed by atoms with Crippen LogP contribution >= 0.6 is 11.6 Å². The fourth-order valence-electron chi connectivity index (χ4n) is 1.28. The van der Waals surface area contributed by atoms with Crippen molar-refractivity contribution in [1.29, 1.82) is 0 Å². The summed E-state index contributed by atoms with van der Waals surface area (Å²) in [5.74, 6) is -1.30. The minimum atomic E-state index is -1.03. The maximum atomic E-state index is 11.6. The Kier molecular flexibility index (Phi) is 6.41. The Balaban J connectivity index is 4.35. The summed E-state index contributed by atoms with van der Waals surface area (Å²) in [7, 11) is 0. The highest BCUT2D eigenvalue weighted by Gasteiger charge is 2.26. The zero-order chi connectivity index (χ0) is 12.9. The second-order valence-electron chi connectivity index (χ2n) is 4.67. The first-order valence-corrected chi connectivity index (χ1v) is 5.86. The van der Waals surface area contributed by atoms with E-state index >= 15 is 0 Å². The average Bonchev–Trinajstić information content (AvgIpc) is 2.11. The van der Waals surface area contributed by atoms with Crippen LogP contribution in [0.1, 0.15) is 34.1 Å². The van der Waals surface area contributed by atoms with Gasteiger partial charge in [0, 0.05) is 0 Å². The Hall–Kier alpha value is -0.770. The largest absolute Gasteiger partial charge is 0.480 e. The number of rotatable bonds is 6. The predicted octanol–water partition coefficient (Wildman–Crippen LogP) is 1.87. The van der Waals surface area contributed by atoms with E-state index in [4.69, 9.17) is 16.7 Å². The van der Waals surface area contributed by atoms with Crippen molar-refractivity contribution in [2.24, 2.45) is 11.8 Å². The fourth-order valence-corrected chi connectivity index (χ4v) is 1.70. The van der Waals surface area contributed by atoms with Crippen molar-refractivity contribution in [1.82, 2.24) is 5.32 Å². The van der Waals surface area contributed by atoms with Gasteiger partial charge in [0.2, 0.25) is 5.91 Å². The first kappa shape index (κ1) is 15.2. The molecular weight excluding hydrogens is 230 g/mol. The van der Waals surface area contributed by atoms with Gasteiger partial charge < -0.3 is 10.4 Å². The van der Waals surface area contributed by atoms with Gasteiger partial charge in [-0.25, -0.2) is 4.79 Å². The monoisotopic (exact) mass is 249 g/mol. The summed E-state index contributed by atoms with van der Waals surface area (Å²) in [6.07, 6.45) is 0.540. The van der Waals surface area contributed by atoms with E-state index < -0.39 is 23.3 Å². The van der Waals surface area contributed by atoms with Crippen LogP contribution in [0.25, 0.3) is 0 Å². The first-order chi connectivity index (χ1) is 7.25. The molecule has 0 fully saturated rings. The van der Waals surface area contributed by atoms with Crippen molar-refractivity contribution in [3.05, 3.63) is 0 Å². The first-order valence-electron chi connectivity index (χ1n) is 5.43. The number of aliphatic carboxylic acids is 1. The van der Waals surface area contributed by atoms with Gasteiger partial charge >= 0.3 is 5.97 Å². The summed E-state index contributed by atoms with van der Waals surface area (Å²) < 4.78 is 0. The lowest BCUT2D eigenvalue weighted by atomic mass is 10.0. The van der Waals surface area contributed by atoms with Crippen molar-refractivity contribution in [3.63, 3.8) is 0 Å². The van der Waals surface area contributed by atoms with E-state index in [9.17, 15) is 9.59 Å². The zero-order valence-corrected chi connectivity index (χ0v) is 10.9. The Morgan fingerprint density at radius 2 is 1.75 bits per heavy atom. The molecule has 2 atom stereocenters. The second kappa shape index (κ2) is 6.74. The lowest BCUT2D eigenvalue weighted by Gasteiger charge is -2.20. The molecule has 0 aliphatic carbocycles. The molecule has 2 N–H and O–H groups in total. The Morgan fingerprint density at radius 1 is 1.25 bits per heavy atom. The van der Waals surface area contributed by atoms with Gasteiger partial charge in [-0.2, -0.15) is 0 Å². The second-order valence-corrected chi connectivity index (χ2v) is 5.19. The Bertz CT molecular complexity index is 254. The third-order valence-electron chi connectivity index (χ3n) is 2.19. The topological polar surface area (TPSA) is 66.4 Å². The van der Waals surface area contributed by atoms with Crippen LogP contribution in [0.5, 0.6) is 0 Å². The van der Waals surface area contributed by atoms with E-state index in [1.165, 1.54) is 0 Å². The van der Waals surface area contributed by atoms with Gasteiger partial charge in [-0.15, -0.1) is 11.6 Å². The molecule has 0 saturated carbocycles. The predicted molar refractivity (Wildman–Crippen MR) is 63.5 cm³/mol. The molecule has 0 saturated heterocycles. The van der Waals surface area contributed by atoms with Crippen molar-refractivity contribution < 1.29 is 14.7 Å². The summed E-state index contributed by atoms with van der Waals surface area (Å²) in [4.78, 5) is 22.5. The number of carboxylic acids is 1. The number of nitrogens with one attached hydrogen (secondary N) is 1. The summed E-state index contributed by atoms with van der Waals surface area (Å²) >= 11 is 5.87. The number of hydrogen-bond donors (Lipinski definition) is 2. The summed E-state index contributed by atoms with van der Waals surface area (Å²) in [6.45, 7) is 7.40. The van der Waals surface area contributed by atoms with Gasteiger partial charge in [-0.1, -0.05) is 27.7 Å². The number of amides is 1. The van der Waals surface area contributed by atoms with Crippen LogP contribution in [0.2, 0.25) is 0 Å². The Labute approximate surface area is 101 Å². The van der Waals surface area contributed by atoms with Gasteiger partial charge in [-0.05, 0) is 18.3 Å². The molecule has 0 rings (SSSR count). The molecule has 5 heteroatoms. The van der Waals surface area contributed by atoms with Crippen LogP contribution in [0.4, 0.5) is 0 Å². The molecule has 4 nitrogen and oxygen atoms in total. The molecule has 0 aliphatic heterocycles. The van der Waals surface area contributed by atoms with Crippen LogP contribution in [-0.2, 0) is 9.59 Å². The molecule has 0 bridgehead atoms. The van der Waals surface area contributed by atoms with Gasteiger partial charge in [0.15, 0.2) is 0 Å². The maximum absolute atomic E-state index is 11.6. The third kappa shape index (κ3) is 5.35. The van der Waals surface area contributed by atoms with Gasteiger partial charge in [0.1, 0.15) is 11.4 Å². The van der Waals surface area contributed by atoms with E-state index in [0.29, 0.717) is 12.3 Å². The average molecular weight is 250 g/mol. The molecule has 0 spiro atoms. The molecule has 0 radical (unpaired) electrons. The minimum Gasteiger partial charge on any atom is -0.480 e. The standard InChI is InChI=1S/C11H20ClNO3/c1-6(2)5-8(12)10(14)13-9(7(3)4)11(15)16/h6-9H,5H2,1-4H3,(H,13,14)(H,15,16)/t8?,9-/m0/s1.